The van der Waals surface area contributed by atoms with Gasteiger partial charge in [-0.15, -0.1) is 11.8 Å². The van der Waals surface area contributed by atoms with Crippen molar-refractivity contribution in [1.29, 1.82) is 0 Å². The molecule has 0 spiro atoms. The highest BCUT2D eigenvalue weighted by atomic mass is 32.2. The summed E-state index contributed by atoms with van der Waals surface area (Å²) >= 11 is 1.71. The van der Waals surface area contributed by atoms with E-state index in [1.165, 1.54) is 10.5 Å². The van der Waals surface area contributed by atoms with Gasteiger partial charge in [0.25, 0.3) is 5.56 Å². The average molecular weight is 296 g/mol. The van der Waals surface area contributed by atoms with Crippen molar-refractivity contribution < 1.29 is 0 Å². The molecule has 3 nitrogen and oxygen atoms in total. The van der Waals surface area contributed by atoms with Crippen molar-refractivity contribution in [1.82, 2.24) is 9.55 Å². The van der Waals surface area contributed by atoms with Crippen LogP contribution in [0.5, 0.6) is 0 Å². The third kappa shape index (κ3) is 2.72. The second-order valence-electron chi connectivity index (χ2n) is 4.96. The normalized spacial score (nSPS) is 11.0. The van der Waals surface area contributed by atoms with Gasteiger partial charge in [-0.05, 0) is 30.7 Å². The Hall–Kier alpha value is -2.07. The SMILES string of the molecule is Cc1ccccc1SCc1nc2ccccc2c(=O)n1C. The fourth-order valence-electron chi connectivity index (χ4n) is 2.25. The van der Waals surface area contributed by atoms with Gasteiger partial charge in [-0.3, -0.25) is 9.36 Å². The zero-order valence-corrected chi connectivity index (χ0v) is 12.9. The molecule has 0 aliphatic heterocycles. The van der Waals surface area contributed by atoms with Gasteiger partial charge in [0.15, 0.2) is 0 Å². The Bertz CT molecular complexity index is 855. The van der Waals surface area contributed by atoms with E-state index in [2.05, 4.69) is 24.0 Å². The van der Waals surface area contributed by atoms with Gasteiger partial charge in [-0.1, -0.05) is 30.3 Å². The number of hydrogen-bond acceptors (Lipinski definition) is 3. The van der Waals surface area contributed by atoms with Crippen molar-refractivity contribution >= 4 is 22.7 Å². The number of thioether (sulfide) groups is 1. The Labute approximate surface area is 127 Å². The zero-order valence-electron chi connectivity index (χ0n) is 12.0. The van der Waals surface area contributed by atoms with Crippen LogP contribution >= 0.6 is 11.8 Å². The molecule has 0 unspecified atom stereocenters. The van der Waals surface area contributed by atoms with Gasteiger partial charge in [0.1, 0.15) is 5.82 Å². The standard InChI is InChI=1S/C17H16N2OS/c1-12-7-3-6-10-15(12)21-11-16-18-14-9-5-4-8-13(14)17(20)19(16)2/h3-10H,11H2,1-2H3. The minimum Gasteiger partial charge on any atom is -0.299 e. The summed E-state index contributed by atoms with van der Waals surface area (Å²) in [5.41, 5.74) is 2.02. The Kier molecular flexibility index (Phi) is 3.80. The first-order chi connectivity index (χ1) is 10.2. The van der Waals surface area contributed by atoms with E-state index in [0.29, 0.717) is 11.1 Å². The highest BCUT2D eigenvalue weighted by Gasteiger charge is 2.08. The maximum Gasteiger partial charge on any atom is 0.261 e. The van der Waals surface area contributed by atoms with Gasteiger partial charge in [0.05, 0.1) is 16.7 Å². The molecule has 0 atom stereocenters. The van der Waals surface area contributed by atoms with E-state index in [-0.39, 0.29) is 5.56 Å². The van der Waals surface area contributed by atoms with E-state index in [9.17, 15) is 4.79 Å². The molecule has 0 radical (unpaired) electrons. The summed E-state index contributed by atoms with van der Waals surface area (Å²) < 4.78 is 1.65. The van der Waals surface area contributed by atoms with Gasteiger partial charge in [-0.2, -0.15) is 0 Å². The number of aromatic nitrogens is 2. The maximum atomic E-state index is 12.3. The molecule has 0 N–H and O–H groups in total. The van der Waals surface area contributed by atoms with Crippen LogP contribution in [0.1, 0.15) is 11.4 Å². The Balaban J connectivity index is 1.96. The summed E-state index contributed by atoms with van der Waals surface area (Å²) in [6, 6.07) is 15.7. The fraction of sp³-hybridized carbons (Fsp3) is 0.176. The van der Waals surface area contributed by atoms with Gasteiger partial charge in [-0.25, -0.2) is 4.98 Å². The monoisotopic (exact) mass is 296 g/mol. The van der Waals surface area contributed by atoms with Crippen molar-refractivity contribution in [2.24, 2.45) is 7.05 Å². The Morgan fingerprint density at radius 1 is 1.10 bits per heavy atom. The van der Waals surface area contributed by atoms with Crippen LogP contribution in [0, 0.1) is 6.92 Å². The average Bonchev–Trinajstić information content (AvgIpc) is 2.51. The van der Waals surface area contributed by atoms with Gasteiger partial charge in [0, 0.05) is 11.9 Å². The van der Waals surface area contributed by atoms with E-state index in [1.54, 1.807) is 23.4 Å². The molecule has 3 rings (SSSR count). The van der Waals surface area contributed by atoms with Crippen LogP contribution in [0.15, 0.2) is 58.2 Å². The van der Waals surface area contributed by atoms with Crippen molar-refractivity contribution in [2.75, 3.05) is 0 Å². The molecule has 4 heteroatoms. The number of nitrogens with zero attached hydrogens (tertiary/aromatic N) is 2. The number of rotatable bonds is 3. The van der Waals surface area contributed by atoms with E-state index < -0.39 is 0 Å². The summed E-state index contributed by atoms with van der Waals surface area (Å²) in [7, 11) is 1.79. The molecule has 1 heterocycles. The van der Waals surface area contributed by atoms with Crippen LogP contribution in [0.25, 0.3) is 10.9 Å². The number of fused-ring (bicyclic) bond motifs is 1. The van der Waals surface area contributed by atoms with Gasteiger partial charge < -0.3 is 0 Å². The largest absolute Gasteiger partial charge is 0.299 e. The number of aryl methyl sites for hydroxylation is 1. The molecule has 106 valence electrons. The smallest absolute Gasteiger partial charge is 0.261 e. The molecule has 21 heavy (non-hydrogen) atoms. The van der Waals surface area contributed by atoms with Crippen molar-refractivity contribution in [2.45, 2.75) is 17.6 Å². The molecule has 1 aromatic heterocycles. The summed E-state index contributed by atoms with van der Waals surface area (Å²) in [5.74, 6) is 1.48. The van der Waals surface area contributed by atoms with Crippen LogP contribution < -0.4 is 5.56 Å². The second kappa shape index (κ2) is 5.74. The van der Waals surface area contributed by atoms with Crippen LogP contribution in [-0.4, -0.2) is 9.55 Å². The second-order valence-corrected chi connectivity index (χ2v) is 5.98. The van der Waals surface area contributed by atoms with Crippen LogP contribution in [0.2, 0.25) is 0 Å². The predicted molar refractivity (Wildman–Crippen MR) is 87.7 cm³/mol. The van der Waals surface area contributed by atoms with Crippen molar-refractivity contribution in [3.63, 3.8) is 0 Å². The van der Waals surface area contributed by atoms with E-state index >= 15 is 0 Å². The molecule has 0 saturated heterocycles. The Morgan fingerprint density at radius 3 is 2.62 bits per heavy atom. The number of para-hydroxylation sites is 1. The first kappa shape index (κ1) is 13.9. The fourth-order valence-corrected chi connectivity index (χ4v) is 3.27. The topological polar surface area (TPSA) is 34.9 Å². The third-order valence-corrected chi connectivity index (χ3v) is 4.70. The lowest BCUT2D eigenvalue weighted by Gasteiger charge is -2.10. The van der Waals surface area contributed by atoms with Crippen molar-refractivity contribution in [3.8, 4) is 0 Å². The molecule has 2 aromatic carbocycles. The molecule has 0 fully saturated rings. The minimum absolute atomic E-state index is 0.0148. The lowest BCUT2D eigenvalue weighted by molar-refractivity contribution is 0.785. The van der Waals surface area contributed by atoms with Gasteiger partial charge >= 0.3 is 0 Å². The van der Waals surface area contributed by atoms with E-state index in [4.69, 9.17) is 0 Å². The molecule has 0 amide bonds. The third-order valence-electron chi connectivity index (χ3n) is 3.53. The van der Waals surface area contributed by atoms with Crippen LogP contribution in [0.4, 0.5) is 0 Å². The highest BCUT2D eigenvalue weighted by molar-refractivity contribution is 7.98. The number of benzene rings is 2. The minimum atomic E-state index is 0.0148. The molecule has 0 bridgehead atoms. The van der Waals surface area contributed by atoms with E-state index in [0.717, 1.165) is 11.3 Å². The van der Waals surface area contributed by atoms with Crippen LogP contribution in [-0.2, 0) is 12.8 Å². The molecule has 0 aliphatic carbocycles. The molecule has 0 aliphatic rings. The highest BCUT2D eigenvalue weighted by Crippen LogP contribution is 2.25. The predicted octanol–water partition coefficient (Wildman–Crippen LogP) is 3.53. The quantitative estimate of drug-likeness (QED) is 0.693. The summed E-state index contributed by atoms with van der Waals surface area (Å²) in [6.07, 6.45) is 0. The number of hydrogen-bond donors (Lipinski definition) is 0. The Morgan fingerprint density at radius 2 is 1.81 bits per heavy atom. The first-order valence-electron chi connectivity index (χ1n) is 6.80. The lowest BCUT2D eigenvalue weighted by atomic mass is 10.2. The molecular formula is C17H16N2OS. The van der Waals surface area contributed by atoms with Gasteiger partial charge in [0.2, 0.25) is 0 Å². The molecule has 0 saturated carbocycles. The molecule has 3 aromatic rings. The first-order valence-corrected chi connectivity index (χ1v) is 7.78. The zero-order chi connectivity index (χ0) is 14.8. The lowest BCUT2D eigenvalue weighted by Crippen LogP contribution is -2.21. The summed E-state index contributed by atoms with van der Waals surface area (Å²) in [6.45, 7) is 2.09. The van der Waals surface area contributed by atoms with Crippen molar-refractivity contribution in [3.05, 3.63) is 70.3 Å². The summed E-state index contributed by atoms with van der Waals surface area (Å²) in [5, 5.41) is 0.671. The summed E-state index contributed by atoms with van der Waals surface area (Å²) in [4.78, 5) is 18.2. The van der Waals surface area contributed by atoms with Crippen LogP contribution in [0.3, 0.4) is 0 Å². The van der Waals surface area contributed by atoms with E-state index in [1.807, 2.05) is 36.4 Å². The molecular weight excluding hydrogens is 280 g/mol. The maximum absolute atomic E-state index is 12.3.